The van der Waals surface area contributed by atoms with Gasteiger partial charge >= 0.3 is 12.1 Å². The van der Waals surface area contributed by atoms with Crippen molar-refractivity contribution in [3.63, 3.8) is 0 Å². The van der Waals surface area contributed by atoms with Gasteiger partial charge in [0.25, 0.3) is 0 Å². The van der Waals surface area contributed by atoms with E-state index in [9.17, 15) is 9.59 Å². The van der Waals surface area contributed by atoms with Crippen molar-refractivity contribution >= 4 is 23.8 Å². The number of carboxylic acid groups (broad SMARTS) is 1. The van der Waals surface area contributed by atoms with Gasteiger partial charge in [0.05, 0.1) is 0 Å². The Kier molecular flexibility index (Phi) is 6.72. The SMILES string of the molecule is C=CCOC(=O)N[C@@H](CSC(C)(C)C)C(=O)O. The molecule has 0 aliphatic heterocycles. The summed E-state index contributed by atoms with van der Waals surface area (Å²) in [6.07, 6.45) is 0.672. The molecule has 0 radical (unpaired) electrons. The van der Waals surface area contributed by atoms with E-state index in [2.05, 4.69) is 16.6 Å². The van der Waals surface area contributed by atoms with E-state index in [1.165, 1.54) is 17.8 Å². The van der Waals surface area contributed by atoms with Gasteiger partial charge < -0.3 is 15.2 Å². The summed E-state index contributed by atoms with van der Waals surface area (Å²) in [6.45, 7) is 9.39. The Balaban J connectivity index is 4.20. The van der Waals surface area contributed by atoms with E-state index in [1.54, 1.807) is 0 Å². The minimum absolute atomic E-state index is 0.0552. The molecule has 0 saturated heterocycles. The minimum Gasteiger partial charge on any atom is -0.480 e. The number of hydrogen-bond acceptors (Lipinski definition) is 4. The molecule has 2 N–H and O–H groups in total. The van der Waals surface area contributed by atoms with E-state index in [4.69, 9.17) is 5.11 Å². The zero-order valence-corrected chi connectivity index (χ0v) is 11.2. The molecule has 0 unspecified atom stereocenters. The van der Waals surface area contributed by atoms with Crippen molar-refractivity contribution in [3.8, 4) is 0 Å². The van der Waals surface area contributed by atoms with Gasteiger partial charge in [-0.1, -0.05) is 33.4 Å². The number of rotatable bonds is 6. The Hall–Kier alpha value is -1.17. The van der Waals surface area contributed by atoms with Gasteiger partial charge in [-0.25, -0.2) is 9.59 Å². The Morgan fingerprint density at radius 2 is 2.12 bits per heavy atom. The molecule has 0 aromatic carbocycles. The van der Waals surface area contributed by atoms with Crippen LogP contribution in [0.4, 0.5) is 4.79 Å². The number of aliphatic carboxylic acids is 1. The van der Waals surface area contributed by atoms with Gasteiger partial charge in [-0.15, -0.1) is 0 Å². The first kappa shape index (κ1) is 15.8. The molecule has 1 atom stereocenters. The van der Waals surface area contributed by atoms with Gasteiger partial charge in [0.1, 0.15) is 12.6 Å². The van der Waals surface area contributed by atoms with Crippen molar-refractivity contribution < 1.29 is 19.4 Å². The number of carbonyl (C=O) groups is 2. The van der Waals surface area contributed by atoms with Gasteiger partial charge in [-0.3, -0.25) is 0 Å². The molecule has 0 aliphatic rings. The van der Waals surface area contributed by atoms with Gasteiger partial charge in [0.15, 0.2) is 0 Å². The molecule has 0 spiro atoms. The van der Waals surface area contributed by atoms with Gasteiger partial charge in [-0.2, -0.15) is 11.8 Å². The Bertz CT molecular complexity index is 286. The van der Waals surface area contributed by atoms with Crippen LogP contribution >= 0.6 is 11.8 Å². The minimum atomic E-state index is -1.07. The molecule has 1 amide bonds. The molecule has 0 aromatic rings. The molecule has 0 aliphatic carbocycles. The van der Waals surface area contributed by atoms with Crippen LogP contribution in [0.1, 0.15) is 20.8 Å². The first-order valence-electron chi connectivity index (χ1n) is 5.17. The standard InChI is InChI=1S/C11H19NO4S/c1-5-6-16-10(15)12-8(9(13)14)7-17-11(2,3)4/h5,8H,1,6-7H2,2-4H3,(H,12,15)(H,13,14)/t8-/m0/s1. The maximum Gasteiger partial charge on any atom is 0.408 e. The number of alkyl carbamates (subject to hydrolysis) is 1. The molecular formula is C11H19NO4S. The van der Waals surface area contributed by atoms with Crippen molar-refractivity contribution in [2.75, 3.05) is 12.4 Å². The third-order valence-corrected chi connectivity index (χ3v) is 2.97. The monoisotopic (exact) mass is 261 g/mol. The summed E-state index contributed by atoms with van der Waals surface area (Å²) >= 11 is 1.46. The molecule has 5 nitrogen and oxygen atoms in total. The summed E-state index contributed by atoms with van der Waals surface area (Å²) in [5.41, 5.74) is 0. The third-order valence-electron chi connectivity index (χ3n) is 1.61. The summed E-state index contributed by atoms with van der Waals surface area (Å²) in [5, 5.41) is 11.2. The van der Waals surface area contributed by atoms with Gasteiger partial charge in [-0.05, 0) is 0 Å². The van der Waals surface area contributed by atoms with Crippen molar-refractivity contribution in [1.29, 1.82) is 0 Å². The third kappa shape index (κ3) is 8.62. The highest BCUT2D eigenvalue weighted by Crippen LogP contribution is 2.23. The molecular weight excluding hydrogens is 242 g/mol. The zero-order chi connectivity index (χ0) is 13.5. The van der Waals surface area contributed by atoms with Crippen LogP contribution in [-0.2, 0) is 9.53 Å². The number of carboxylic acids is 1. The summed E-state index contributed by atoms with van der Waals surface area (Å²) < 4.78 is 4.61. The van der Waals surface area contributed by atoms with E-state index < -0.39 is 18.1 Å². The van der Waals surface area contributed by atoms with Crippen molar-refractivity contribution in [2.45, 2.75) is 31.6 Å². The molecule has 0 heterocycles. The predicted molar refractivity (Wildman–Crippen MR) is 68.3 cm³/mol. The Labute approximate surface area is 106 Å². The molecule has 0 fully saturated rings. The molecule has 17 heavy (non-hydrogen) atoms. The predicted octanol–water partition coefficient (Wildman–Crippen LogP) is 1.88. The molecule has 0 rings (SSSR count). The lowest BCUT2D eigenvalue weighted by Crippen LogP contribution is -2.43. The summed E-state index contributed by atoms with van der Waals surface area (Å²) in [6, 6.07) is -0.948. The van der Waals surface area contributed by atoms with Gasteiger partial charge in [0.2, 0.25) is 0 Å². The fourth-order valence-electron chi connectivity index (χ4n) is 0.827. The van der Waals surface area contributed by atoms with Crippen molar-refractivity contribution in [1.82, 2.24) is 5.32 Å². The van der Waals surface area contributed by atoms with Gasteiger partial charge in [0, 0.05) is 10.5 Å². The lowest BCUT2D eigenvalue weighted by molar-refractivity contribution is -0.138. The van der Waals surface area contributed by atoms with Crippen LogP contribution in [0.15, 0.2) is 12.7 Å². The first-order valence-corrected chi connectivity index (χ1v) is 6.16. The number of thioether (sulfide) groups is 1. The highest BCUT2D eigenvalue weighted by Gasteiger charge is 2.23. The number of hydrogen-bond donors (Lipinski definition) is 2. The van der Waals surface area contributed by atoms with Crippen molar-refractivity contribution in [3.05, 3.63) is 12.7 Å². The second-order valence-corrected chi connectivity index (χ2v) is 6.19. The highest BCUT2D eigenvalue weighted by molar-refractivity contribution is 8.00. The number of ether oxygens (including phenoxy) is 1. The Morgan fingerprint density at radius 1 is 1.53 bits per heavy atom. The maximum absolute atomic E-state index is 11.2. The highest BCUT2D eigenvalue weighted by atomic mass is 32.2. The quantitative estimate of drug-likeness (QED) is 0.714. The Morgan fingerprint density at radius 3 is 2.53 bits per heavy atom. The molecule has 6 heteroatoms. The smallest absolute Gasteiger partial charge is 0.408 e. The maximum atomic E-state index is 11.2. The summed E-state index contributed by atoms with van der Waals surface area (Å²) in [7, 11) is 0. The van der Waals surface area contributed by atoms with Crippen LogP contribution in [0.5, 0.6) is 0 Å². The first-order chi connectivity index (χ1) is 7.76. The average Bonchev–Trinajstić information content (AvgIpc) is 2.19. The molecule has 0 bridgehead atoms. The number of carbonyl (C=O) groups excluding carboxylic acids is 1. The van der Waals surface area contributed by atoms with Crippen LogP contribution in [-0.4, -0.2) is 40.3 Å². The molecule has 0 saturated carbocycles. The van der Waals surface area contributed by atoms with E-state index in [1.807, 2.05) is 20.8 Å². The number of nitrogens with one attached hydrogen (secondary N) is 1. The largest absolute Gasteiger partial charge is 0.480 e. The van der Waals surface area contributed by atoms with Crippen LogP contribution in [0.25, 0.3) is 0 Å². The van der Waals surface area contributed by atoms with Crippen LogP contribution < -0.4 is 5.32 Å². The molecule has 0 aromatic heterocycles. The normalized spacial score (nSPS) is 12.6. The number of amides is 1. The summed E-state index contributed by atoms with van der Waals surface area (Å²) in [5.74, 6) is -0.778. The van der Waals surface area contributed by atoms with Crippen LogP contribution in [0.3, 0.4) is 0 Å². The van der Waals surface area contributed by atoms with Crippen LogP contribution in [0.2, 0.25) is 0 Å². The average molecular weight is 261 g/mol. The van der Waals surface area contributed by atoms with E-state index in [0.29, 0.717) is 5.75 Å². The molecule has 98 valence electrons. The lowest BCUT2D eigenvalue weighted by Gasteiger charge is -2.21. The second-order valence-electron chi connectivity index (χ2n) is 4.35. The second kappa shape index (κ2) is 7.21. The van der Waals surface area contributed by atoms with E-state index in [-0.39, 0.29) is 11.4 Å². The van der Waals surface area contributed by atoms with E-state index >= 15 is 0 Å². The van der Waals surface area contributed by atoms with Crippen LogP contribution in [0, 0.1) is 0 Å². The van der Waals surface area contributed by atoms with Crippen molar-refractivity contribution in [2.24, 2.45) is 0 Å². The lowest BCUT2D eigenvalue weighted by atomic mass is 10.3. The topological polar surface area (TPSA) is 75.6 Å². The fraction of sp³-hybridized carbons (Fsp3) is 0.636. The van der Waals surface area contributed by atoms with E-state index in [0.717, 1.165) is 0 Å². The summed E-state index contributed by atoms with van der Waals surface area (Å²) in [4.78, 5) is 22.1. The zero-order valence-electron chi connectivity index (χ0n) is 10.4. The fourth-order valence-corrected chi connectivity index (χ4v) is 1.72.